The predicted molar refractivity (Wildman–Crippen MR) is 56.4 cm³/mol. The monoisotopic (exact) mass is 410 g/mol. The minimum atomic E-state index is -7.37. The topological polar surface area (TPSA) is 121 Å². The van der Waals surface area contributed by atoms with Crippen molar-refractivity contribution >= 4 is 17.9 Å². The van der Waals surface area contributed by atoms with E-state index in [4.69, 9.17) is 10.2 Å². The van der Waals surface area contributed by atoms with Crippen molar-refractivity contribution in [2.24, 2.45) is 0 Å². The van der Waals surface area contributed by atoms with Crippen LogP contribution >= 0.6 is 0 Å². The molecule has 152 valence electrons. The predicted octanol–water partition coefficient (Wildman–Crippen LogP) is 1.64. The maximum Gasteiger partial charge on any atom is 0.473 e. The van der Waals surface area contributed by atoms with Crippen LogP contribution in [0.5, 0.6) is 0 Å². The van der Waals surface area contributed by atoms with Crippen LogP contribution in [0.1, 0.15) is 12.8 Å². The van der Waals surface area contributed by atoms with Crippen molar-refractivity contribution in [1.82, 2.24) is 0 Å². The van der Waals surface area contributed by atoms with Crippen LogP contribution in [0.2, 0.25) is 0 Å². The Labute approximate surface area is 135 Å². The highest BCUT2D eigenvalue weighted by atomic mass is 19.4. The van der Waals surface area contributed by atoms with Crippen molar-refractivity contribution in [2.45, 2.75) is 42.6 Å². The third-order valence-electron chi connectivity index (χ3n) is 2.64. The summed E-state index contributed by atoms with van der Waals surface area (Å²) in [5, 5.41) is 26.1. The minimum absolute atomic E-state index is 1.85. The van der Waals surface area contributed by atoms with Gasteiger partial charge in [-0.2, -0.15) is 39.5 Å². The van der Waals surface area contributed by atoms with Crippen molar-refractivity contribution in [3.63, 3.8) is 0 Å². The molecule has 0 heterocycles. The molecule has 3 N–H and O–H groups in total. The normalized spacial score (nSPS) is 15.9. The van der Waals surface area contributed by atoms with Crippen LogP contribution in [0.15, 0.2) is 0 Å². The molecule has 0 aliphatic carbocycles. The average molecular weight is 410 g/mol. The summed E-state index contributed by atoms with van der Waals surface area (Å²) in [5.41, 5.74) is -3.69. The lowest BCUT2D eigenvalue weighted by molar-refractivity contribution is -0.435. The van der Waals surface area contributed by atoms with Gasteiger partial charge < -0.3 is 20.1 Å². The van der Waals surface area contributed by atoms with Gasteiger partial charge in [-0.15, -0.1) is 0 Å². The molecule has 0 fully saturated rings. The van der Waals surface area contributed by atoms with Gasteiger partial charge >= 0.3 is 42.0 Å². The lowest BCUT2D eigenvalue weighted by atomic mass is 9.96. The molecule has 0 aromatic rings. The lowest BCUT2D eigenvalue weighted by Gasteiger charge is -2.32. The highest BCUT2D eigenvalue weighted by molar-refractivity contribution is 5.88. The van der Waals surface area contributed by atoms with Crippen LogP contribution in [-0.4, -0.2) is 63.0 Å². The number of carbonyl (C=O) groups excluding carboxylic acids is 1. The fraction of sp³-hybridized carbons (Fsp3) is 0.700. The third kappa shape index (κ3) is 4.47. The number of aliphatic hydroxyl groups is 1. The maximum atomic E-state index is 13.0. The molecule has 0 bridgehead atoms. The lowest BCUT2D eigenvalue weighted by Crippen LogP contribution is -2.62. The van der Waals surface area contributed by atoms with E-state index < -0.39 is 60.5 Å². The van der Waals surface area contributed by atoms with E-state index in [0.29, 0.717) is 0 Å². The molecular weight excluding hydrogens is 403 g/mol. The minimum Gasteiger partial charge on any atom is -0.481 e. The molecule has 0 aromatic heterocycles. The Balaban J connectivity index is 5.58. The molecular formula is C10H7F9O7. The fourth-order valence-electron chi connectivity index (χ4n) is 1.31. The number of carbonyl (C=O) groups is 3. The van der Waals surface area contributed by atoms with Crippen LogP contribution < -0.4 is 0 Å². The summed E-state index contributed by atoms with van der Waals surface area (Å²) in [5.74, 6) is -22.2. The molecule has 0 amide bonds. The zero-order chi connectivity index (χ0) is 21.4. The van der Waals surface area contributed by atoms with E-state index in [0.717, 1.165) is 0 Å². The largest absolute Gasteiger partial charge is 0.481 e. The quantitative estimate of drug-likeness (QED) is 0.411. The summed E-state index contributed by atoms with van der Waals surface area (Å²) in [6.45, 7) is 0. The molecule has 1 atom stereocenters. The number of aliphatic carboxylic acids is 2. The summed E-state index contributed by atoms with van der Waals surface area (Å²) in [6.07, 6.45) is -18.1. The Morgan fingerprint density at radius 1 is 0.769 bits per heavy atom. The number of halogens is 9. The number of alkyl halides is 9. The van der Waals surface area contributed by atoms with Crippen molar-refractivity contribution in [3.05, 3.63) is 0 Å². The van der Waals surface area contributed by atoms with Crippen molar-refractivity contribution in [1.29, 1.82) is 0 Å². The third-order valence-corrected chi connectivity index (χ3v) is 2.64. The smallest absolute Gasteiger partial charge is 0.473 e. The summed E-state index contributed by atoms with van der Waals surface area (Å²) in [7, 11) is 0. The van der Waals surface area contributed by atoms with E-state index in [1.807, 2.05) is 0 Å². The number of hydrogen-bond acceptors (Lipinski definition) is 5. The van der Waals surface area contributed by atoms with Gasteiger partial charge in [0.15, 0.2) is 5.60 Å². The number of esters is 1. The van der Waals surface area contributed by atoms with Crippen molar-refractivity contribution in [3.8, 4) is 0 Å². The van der Waals surface area contributed by atoms with E-state index in [2.05, 4.69) is 4.74 Å². The molecule has 0 radical (unpaired) electrons. The molecule has 0 spiro atoms. The zero-order valence-corrected chi connectivity index (χ0v) is 11.8. The van der Waals surface area contributed by atoms with Crippen LogP contribution in [0.3, 0.4) is 0 Å². The van der Waals surface area contributed by atoms with Gasteiger partial charge in [0.25, 0.3) is 0 Å². The summed E-state index contributed by atoms with van der Waals surface area (Å²) in [4.78, 5) is 31.9. The van der Waals surface area contributed by atoms with Gasteiger partial charge in [-0.05, 0) is 0 Å². The second-order valence-corrected chi connectivity index (χ2v) is 4.72. The Kier molecular flexibility index (Phi) is 6.21. The molecule has 0 aliphatic heterocycles. The molecule has 0 saturated carbocycles. The van der Waals surface area contributed by atoms with Gasteiger partial charge in [0.1, 0.15) is 0 Å². The molecule has 7 nitrogen and oxygen atoms in total. The number of carboxylic acid groups (broad SMARTS) is 2. The first-order valence-electron chi connectivity index (χ1n) is 5.81. The number of ether oxygens (including phenoxy) is 1. The standard InChI is InChI=1S/C10H7F9O7/c11-7(12,9(15,16)17)8(13,14)10(18,19)26-4(22)2-6(25,5(23)24)1-3(20)21/h25H,1-2H2,(H,20,21)(H,23,24). The molecule has 0 rings (SSSR count). The molecule has 16 heteroatoms. The molecule has 26 heavy (non-hydrogen) atoms. The van der Waals surface area contributed by atoms with E-state index in [1.165, 1.54) is 0 Å². The number of hydrogen-bond donors (Lipinski definition) is 3. The van der Waals surface area contributed by atoms with Gasteiger partial charge in [-0.25, -0.2) is 4.79 Å². The number of carboxylic acids is 2. The Morgan fingerprint density at radius 2 is 1.19 bits per heavy atom. The van der Waals surface area contributed by atoms with Crippen LogP contribution in [0.4, 0.5) is 39.5 Å². The van der Waals surface area contributed by atoms with Crippen LogP contribution in [0.25, 0.3) is 0 Å². The highest BCUT2D eigenvalue weighted by Gasteiger charge is 2.84. The Hall–Kier alpha value is -2.26. The molecule has 0 aliphatic rings. The summed E-state index contributed by atoms with van der Waals surface area (Å²) in [6, 6.07) is 0. The van der Waals surface area contributed by atoms with Crippen molar-refractivity contribution in [2.75, 3.05) is 0 Å². The Morgan fingerprint density at radius 3 is 1.50 bits per heavy atom. The van der Waals surface area contributed by atoms with Gasteiger partial charge in [0.05, 0.1) is 12.8 Å². The molecule has 0 saturated heterocycles. The van der Waals surface area contributed by atoms with Gasteiger partial charge in [0, 0.05) is 0 Å². The first-order chi connectivity index (χ1) is 11.2. The second-order valence-electron chi connectivity index (χ2n) is 4.72. The fourth-order valence-corrected chi connectivity index (χ4v) is 1.31. The van der Waals surface area contributed by atoms with Crippen LogP contribution in [0, 0.1) is 0 Å². The van der Waals surface area contributed by atoms with E-state index >= 15 is 0 Å². The average Bonchev–Trinajstić information content (AvgIpc) is 2.34. The van der Waals surface area contributed by atoms with E-state index in [1.54, 1.807) is 0 Å². The van der Waals surface area contributed by atoms with E-state index in [9.17, 15) is 59.0 Å². The van der Waals surface area contributed by atoms with Gasteiger partial charge in [-0.1, -0.05) is 0 Å². The highest BCUT2D eigenvalue weighted by Crippen LogP contribution is 2.53. The maximum absolute atomic E-state index is 13.0. The zero-order valence-electron chi connectivity index (χ0n) is 11.8. The first-order valence-corrected chi connectivity index (χ1v) is 5.81. The van der Waals surface area contributed by atoms with Crippen molar-refractivity contribution < 1.29 is 74.0 Å². The Bertz CT molecular complexity index is 586. The number of rotatable bonds is 8. The van der Waals surface area contributed by atoms with E-state index in [-0.39, 0.29) is 0 Å². The molecule has 0 aromatic carbocycles. The first kappa shape index (κ1) is 23.7. The summed E-state index contributed by atoms with van der Waals surface area (Å²) < 4.78 is 115. The second kappa shape index (κ2) is 6.81. The van der Waals surface area contributed by atoms with Gasteiger partial charge in [0.2, 0.25) is 0 Å². The van der Waals surface area contributed by atoms with Crippen LogP contribution in [-0.2, 0) is 19.1 Å². The molecule has 1 unspecified atom stereocenters. The van der Waals surface area contributed by atoms with Gasteiger partial charge in [-0.3, -0.25) is 9.59 Å². The summed E-state index contributed by atoms with van der Waals surface area (Å²) >= 11 is 0. The SMILES string of the molecule is O=C(O)CC(O)(CC(=O)OC(F)(F)C(F)(F)C(F)(F)C(F)(F)F)C(=O)O.